The number of ether oxygens (including phenoxy) is 1. The zero-order valence-electron chi connectivity index (χ0n) is 5.33. The number of methoxy groups -OCH3 is 1. The van der Waals surface area contributed by atoms with Crippen LogP contribution in [0.2, 0.25) is 0 Å². The van der Waals surface area contributed by atoms with Gasteiger partial charge in [-0.3, -0.25) is 0 Å². The minimum Gasteiger partial charge on any atom is -0.465 e. The molecule has 1 rings (SSSR count). The van der Waals surface area contributed by atoms with Crippen LogP contribution >= 0.6 is 11.5 Å². The van der Waals surface area contributed by atoms with Crippen LogP contribution in [0.3, 0.4) is 0 Å². The quantitative estimate of drug-likeness (QED) is 0.605. The molecular formula is C5H6N2O2S. The maximum Gasteiger partial charge on any atom is 0.342 e. The molecule has 4 nitrogen and oxygen atoms in total. The Balaban J connectivity index is 2.93. The molecule has 0 aromatic carbocycles. The molecule has 5 heteroatoms. The standard InChI is InChI=1S/C5H6N2O2S/c1-9-5(8)3-2-7-10-4(3)6/h2H,6H2,1H3. The summed E-state index contributed by atoms with van der Waals surface area (Å²) in [7, 11) is 1.30. The van der Waals surface area contributed by atoms with Crippen LogP contribution in [0, 0.1) is 0 Å². The molecule has 10 heavy (non-hydrogen) atoms. The zero-order valence-corrected chi connectivity index (χ0v) is 6.14. The van der Waals surface area contributed by atoms with Crippen LogP contribution in [0.1, 0.15) is 10.4 Å². The van der Waals surface area contributed by atoms with Gasteiger partial charge in [0.2, 0.25) is 0 Å². The number of hydrogen-bond acceptors (Lipinski definition) is 5. The lowest BCUT2D eigenvalue weighted by Gasteiger charge is -1.93. The van der Waals surface area contributed by atoms with Crippen molar-refractivity contribution in [1.29, 1.82) is 0 Å². The third-order valence-electron chi connectivity index (χ3n) is 1.00. The number of carbonyl (C=O) groups excluding carboxylic acids is 1. The molecule has 2 N–H and O–H groups in total. The predicted molar refractivity (Wildman–Crippen MR) is 37.9 cm³/mol. The van der Waals surface area contributed by atoms with Gasteiger partial charge in [-0.15, -0.1) is 0 Å². The highest BCUT2D eigenvalue weighted by Crippen LogP contribution is 2.15. The lowest BCUT2D eigenvalue weighted by molar-refractivity contribution is 0.0602. The normalized spacial score (nSPS) is 9.30. The van der Waals surface area contributed by atoms with Gasteiger partial charge in [0, 0.05) is 0 Å². The van der Waals surface area contributed by atoms with Crippen LogP contribution in [0.15, 0.2) is 6.20 Å². The Bertz CT molecular complexity index is 246. The molecule has 1 heterocycles. The second-order valence-corrected chi connectivity index (χ2v) is 2.43. The van der Waals surface area contributed by atoms with Gasteiger partial charge in [-0.1, -0.05) is 0 Å². The second-order valence-electron chi connectivity index (χ2n) is 1.60. The fraction of sp³-hybridized carbons (Fsp3) is 0.200. The number of nitrogen functional groups attached to an aromatic ring is 1. The molecule has 1 aromatic rings. The number of anilines is 1. The van der Waals surface area contributed by atoms with Gasteiger partial charge in [-0.25, -0.2) is 4.79 Å². The highest BCUT2D eigenvalue weighted by atomic mass is 32.1. The van der Waals surface area contributed by atoms with Crippen molar-refractivity contribution >= 4 is 22.5 Å². The van der Waals surface area contributed by atoms with Gasteiger partial charge in [0.1, 0.15) is 10.6 Å². The van der Waals surface area contributed by atoms with Crippen molar-refractivity contribution in [1.82, 2.24) is 4.37 Å². The van der Waals surface area contributed by atoms with Crippen molar-refractivity contribution in [2.45, 2.75) is 0 Å². The molecule has 0 aliphatic heterocycles. The largest absolute Gasteiger partial charge is 0.465 e. The molecule has 0 spiro atoms. The van der Waals surface area contributed by atoms with Gasteiger partial charge in [0.15, 0.2) is 0 Å². The molecule has 1 aromatic heterocycles. The fourth-order valence-corrected chi connectivity index (χ4v) is 1.02. The minimum atomic E-state index is -0.439. The van der Waals surface area contributed by atoms with E-state index in [9.17, 15) is 4.79 Å². The van der Waals surface area contributed by atoms with E-state index in [-0.39, 0.29) is 0 Å². The Kier molecular flexibility index (Phi) is 1.86. The Morgan fingerprint density at radius 3 is 3.00 bits per heavy atom. The third kappa shape index (κ3) is 1.08. The summed E-state index contributed by atoms with van der Waals surface area (Å²) >= 11 is 1.08. The van der Waals surface area contributed by atoms with E-state index in [1.165, 1.54) is 13.3 Å². The van der Waals surface area contributed by atoms with Crippen LogP contribution in [0.5, 0.6) is 0 Å². The number of nitrogens with two attached hydrogens (primary N) is 1. The van der Waals surface area contributed by atoms with E-state index in [0.29, 0.717) is 10.6 Å². The maximum atomic E-state index is 10.8. The van der Waals surface area contributed by atoms with Crippen molar-refractivity contribution in [2.75, 3.05) is 12.8 Å². The van der Waals surface area contributed by atoms with Crippen LogP contribution in [-0.2, 0) is 4.74 Å². The topological polar surface area (TPSA) is 65.2 Å². The molecule has 0 saturated carbocycles. The smallest absolute Gasteiger partial charge is 0.342 e. The Morgan fingerprint density at radius 1 is 1.90 bits per heavy atom. The average Bonchev–Trinajstić information content (AvgIpc) is 2.34. The van der Waals surface area contributed by atoms with Crippen molar-refractivity contribution in [3.8, 4) is 0 Å². The molecule has 0 bridgehead atoms. The summed E-state index contributed by atoms with van der Waals surface area (Å²) in [5.41, 5.74) is 5.71. The highest BCUT2D eigenvalue weighted by Gasteiger charge is 2.10. The number of carbonyl (C=O) groups is 1. The molecule has 0 saturated heterocycles. The van der Waals surface area contributed by atoms with E-state index >= 15 is 0 Å². The van der Waals surface area contributed by atoms with E-state index in [4.69, 9.17) is 5.73 Å². The van der Waals surface area contributed by atoms with Gasteiger partial charge in [-0.05, 0) is 11.5 Å². The van der Waals surface area contributed by atoms with E-state index in [1.807, 2.05) is 0 Å². The van der Waals surface area contributed by atoms with Gasteiger partial charge >= 0.3 is 5.97 Å². The lowest BCUT2D eigenvalue weighted by atomic mass is 10.3. The molecule has 0 aliphatic rings. The lowest BCUT2D eigenvalue weighted by Crippen LogP contribution is -2.01. The third-order valence-corrected chi connectivity index (χ3v) is 1.63. The first kappa shape index (κ1) is 7.01. The van der Waals surface area contributed by atoms with E-state index in [1.54, 1.807) is 0 Å². The summed E-state index contributed by atoms with van der Waals surface area (Å²) in [6, 6.07) is 0. The molecule has 0 unspecified atom stereocenters. The summed E-state index contributed by atoms with van der Waals surface area (Å²) < 4.78 is 8.13. The van der Waals surface area contributed by atoms with E-state index < -0.39 is 5.97 Å². The molecule has 0 atom stereocenters. The number of esters is 1. The highest BCUT2D eigenvalue weighted by molar-refractivity contribution is 7.10. The molecule has 0 amide bonds. The first-order valence-corrected chi connectivity index (χ1v) is 3.31. The number of hydrogen-bond donors (Lipinski definition) is 1. The number of nitrogens with zero attached hydrogens (tertiary/aromatic N) is 1. The van der Waals surface area contributed by atoms with Crippen LogP contribution in [0.4, 0.5) is 5.00 Å². The summed E-state index contributed by atoms with van der Waals surface area (Å²) in [5.74, 6) is -0.439. The fourth-order valence-electron chi connectivity index (χ4n) is 0.512. The summed E-state index contributed by atoms with van der Waals surface area (Å²) in [6.45, 7) is 0. The van der Waals surface area contributed by atoms with Crippen LogP contribution in [-0.4, -0.2) is 17.5 Å². The van der Waals surface area contributed by atoms with Gasteiger partial charge in [0.25, 0.3) is 0 Å². The maximum absolute atomic E-state index is 10.8. The van der Waals surface area contributed by atoms with Gasteiger partial charge in [-0.2, -0.15) is 4.37 Å². The Labute approximate surface area is 61.8 Å². The Hall–Kier alpha value is -1.10. The average molecular weight is 158 g/mol. The van der Waals surface area contributed by atoms with Crippen molar-refractivity contribution in [2.24, 2.45) is 0 Å². The summed E-state index contributed by atoms with van der Waals surface area (Å²) in [6.07, 6.45) is 1.39. The molecule has 0 fully saturated rings. The van der Waals surface area contributed by atoms with Crippen LogP contribution in [0.25, 0.3) is 0 Å². The van der Waals surface area contributed by atoms with Crippen molar-refractivity contribution < 1.29 is 9.53 Å². The predicted octanol–water partition coefficient (Wildman–Crippen LogP) is 0.512. The minimum absolute atomic E-state index is 0.340. The monoisotopic (exact) mass is 158 g/mol. The van der Waals surface area contributed by atoms with E-state index in [0.717, 1.165) is 11.5 Å². The SMILES string of the molecule is COC(=O)c1cnsc1N. The second kappa shape index (κ2) is 2.66. The zero-order chi connectivity index (χ0) is 7.56. The van der Waals surface area contributed by atoms with Crippen LogP contribution < -0.4 is 5.73 Å². The first-order chi connectivity index (χ1) is 4.75. The van der Waals surface area contributed by atoms with Gasteiger partial charge in [0.05, 0.1) is 13.3 Å². The first-order valence-electron chi connectivity index (χ1n) is 2.54. The molecule has 0 aliphatic carbocycles. The Morgan fingerprint density at radius 2 is 2.60 bits per heavy atom. The van der Waals surface area contributed by atoms with Crippen molar-refractivity contribution in [3.05, 3.63) is 11.8 Å². The molecule has 0 radical (unpaired) electrons. The molecule has 54 valence electrons. The number of rotatable bonds is 1. The number of aromatic nitrogens is 1. The summed E-state index contributed by atoms with van der Waals surface area (Å²) in [5, 5.41) is 0.395. The van der Waals surface area contributed by atoms with Crippen molar-refractivity contribution in [3.63, 3.8) is 0 Å². The van der Waals surface area contributed by atoms with E-state index in [2.05, 4.69) is 9.11 Å². The molecular weight excluding hydrogens is 152 g/mol. The summed E-state index contributed by atoms with van der Waals surface area (Å²) in [4.78, 5) is 10.8. The van der Waals surface area contributed by atoms with Gasteiger partial charge < -0.3 is 10.5 Å².